The zero-order valence-electron chi connectivity index (χ0n) is 9.90. The number of rotatable bonds is 1. The Balaban J connectivity index is 2.01. The Morgan fingerprint density at radius 3 is 2.81 bits per heavy atom. The van der Waals surface area contributed by atoms with Gasteiger partial charge in [0, 0.05) is 25.0 Å². The predicted octanol–water partition coefficient (Wildman–Crippen LogP) is 1.40. The third-order valence-corrected chi connectivity index (χ3v) is 3.02. The molecule has 1 saturated heterocycles. The molecule has 1 aliphatic rings. The molecule has 0 saturated carbocycles. The van der Waals surface area contributed by atoms with E-state index in [1.807, 2.05) is 6.92 Å². The van der Waals surface area contributed by atoms with Crippen molar-refractivity contribution in [1.29, 1.82) is 0 Å². The lowest BCUT2D eigenvalue weighted by Gasteiger charge is -2.30. The van der Waals surface area contributed by atoms with Crippen molar-refractivity contribution in [3.63, 3.8) is 0 Å². The van der Waals surface area contributed by atoms with E-state index >= 15 is 0 Å². The maximum atomic E-state index is 5.95. The van der Waals surface area contributed by atoms with E-state index in [1.54, 1.807) is 6.20 Å². The molecule has 0 radical (unpaired) electrons. The molecular weight excluding hydrogens is 202 g/mol. The van der Waals surface area contributed by atoms with Crippen molar-refractivity contribution in [1.82, 2.24) is 14.9 Å². The number of hydrogen-bond donors (Lipinski definition) is 2. The van der Waals surface area contributed by atoms with Crippen molar-refractivity contribution in [2.45, 2.75) is 26.7 Å². The Morgan fingerprint density at radius 1 is 1.56 bits per heavy atom. The summed E-state index contributed by atoms with van der Waals surface area (Å²) in [5.74, 6) is 1.96. The quantitative estimate of drug-likeness (QED) is 0.556. The minimum atomic E-state index is 0.571. The number of aliphatic imine (C=N–C) groups is 1. The van der Waals surface area contributed by atoms with Crippen LogP contribution >= 0.6 is 0 Å². The Kier molecular flexibility index (Phi) is 3.12. The maximum Gasteiger partial charge on any atom is 0.230 e. The van der Waals surface area contributed by atoms with Crippen LogP contribution in [0.1, 0.15) is 25.5 Å². The van der Waals surface area contributed by atoms with Gasteiger partial charge in [0.2, 0.25) is 5.95 Å². The standard InChI is InChI=1S/C11H19N5/c1-8-3-5-16(6-4-8)10(12)15-11-13-7-9(2)14-11/h7-8H,3-6H2,1-2H3,(H3,12,13,14,15). The van der Waals surface area contributed by atoms with Gasteiger partial charge in [0.25, 0.3) is 0 Å². The van der Waals surface area contributed by atoms with Gasteiger partial charge >= 0.3 is 0 Å². The summed E-state index contributed by atoms with van der Waals surface area (Å²) < 4.78 is 0. The SMILES string of the molecule is Cc1cnc(N=C(N)N2CCC(C)CC2)[nH]1. The van der Waals surface area contributed by atoms with E-state index in [0.717, 1.165) is 24.7 Å². The molecule has 1 aromatic heterocycles. The second-order valence-electron chi connectivity index (χ2n) is 4.53. The minimum absolute atomic E-state index is 0.571. The summed E-state index contributed by atoms with van der Waals surface area (Å²) in [7, 11) is 0. The first kappa shape index (κ1) is 11.0. The van der Waals surface area contributed by atoms with Crippen molar-refractivity contribution >= 4 is 11.9 Å². The fraction of sp³-hybridized carbons (Fsp3) is 0.636. The molecule has 0 atom stereocenters. The number of aromatic amines is 1. The molecule has 1 fully saturated rings. The highest BCUT2D eigenvalue weighted by Gasteiger charge is 2.17. The van der Waals surface area contributed by atoms with Gasteiger partial charge in [-0.1, -0.05) is 6.92 Å². The smallest absolute Gasteiger partial charge is 0.230 e. The van der Waals surface area contributed by atoms with Crippen LogP contribution < -0.4 is 5.73 Å². The molecule has 16 heavy (non-hydrogen) atoms. The van der Waals surface area contributed by atoms with Crippen LogP contribution in [0.5, 0.6) is 0 Å². The first-order valence-electron chi connectivity index (χ1n) is 5.76. The lowest BCUT2D eigenvalue weighted by molar-refractivity contribution is 0.278. The number of aromatic nitrogens is 2. The van der Waals surface area contributed by atoms with Crippen molar-refractivity contribution in [3.8, 4) is 0 Å². The summed E-state index contributed by atoms with van der Waals surface area (Å²) in [6.07, 6.45) is 4.13. The van der Waals surface area contributed by atoms with Gasteiger partial charge in [-0.2, -0.15) is 4.99 Å². The van der Waals surface area contributed by atoms with Crippen LogP contribution in [0.15, 0.2) is 11.2 Å². The van der Waals surface area contributed by atoms with Crippen LogP contribution in [-0.2, 0) is 0 Å². The number of H-pyrrole nitrogens is 1. The molecule has 2 rings (SSSR count). The van der Waals surface area contributed by atoms with Gasteiger partial charge in [-0.3, -0.25) is 0 Å². The highest BCUT2D eigenvalue weighted by atomic mass is 15.3. The summed E-state index contributed by atoms with van der Waals surface area (Å²) >= 11 is 0. The normalized spacial score (nSPS) is 19.1. The van der Waals surface area contributed by atoms with E-state index in [9.17, 15) is 0 Å². The lowest BCUT2D eigenvalue weighted by atomic mass is 10.00. The lowest BCUT2D eigenvalue weighted by Crippen LogP contribution is -2.42. The molecule has 0 unspecified atom stereocenters. The summed E-state index contributed by atoms with van der Waals surface area (Å²) in [6.45, 7) is 6.22. The number of nitrogens with zero attached hydrogens (tertiary/aromatic N) is 3. The van der Waals surface area contributed by atoms with E-state index < -0.39 is 0 Å². The molecule has 0 amide bonds. The van der Waals surface area contributed by atoms with Gasteiger partial charge in [-0.05, 0) is 25.7 Å². The van der Waals surface area contributed by atoms with Crippen LogP contribution in [0.2, 0.25) is 0 Å². The van der Waals surface area contributed by atoms with Crippen LogP contribution in [0.3, 0.4) is 0 Å². The van der Waals surface area contributed by atoms with Crippen molar-refractivity contribution in [3.05, 3.63) is 11.9 Å². The fourth-order valence-electron chi connectivity index (χ4n) is 1.87. The zero-order chi connectivity index (χ0) is 11.5. The average Bonchev–Trinajstić information content (AvgIpc) is 2.65. The summed E-state index contributed by atoms with van der Waals surface area (Å²) in [6, 6.07) is 0. The number of hydrogen-bond acceptors (Lipinski definition) is 2. The van der Waals surface area contributed by atoms with Crippen LogP contribution in [0, 0.1) is 12.8 Å². The van der Waals surface area contributed by atoms with E-state index in [0.29, 0.717) is 11.9 Å². The number of imidazole rings is 1. The molecule has 0 bridgehead atoms. The highest BCUT2D eigenvalue weighted by molar-refractivity contribution is 5.80. The Morgan fingerprint density at radius 2 is 2.25 bits per heavy atom. The van der Waals surface area contributed by atoms with Gasteiger partial charge in [0.05, 0.1) is 0 Å². The number of piperidine rings is 1. The predicted molar refractivity (Wildman–Crippen MR) is 64.6 cm³/mol. The molecule has 1 aliphatic heterocycles. The number of nitrogens with two attached hydrogens (primary N) is 1. The average molecular weight is 221 g/mol. The second kappa shape index (κ2) is 4.55. The molecule has 5 heteroatoms. The fourth-order valence-corrected chi connectivity index (χ4v) is 1.87. The highest BCUT2D eigenvalue weighted by Crippen LogP contribution is 2.16. The first-order chi connectivity index (χ1) is 7.65. The molecule has 88 valence electrons. The van der Waals surface area contributed by atoms with Crippen LogP contribution in [-0.4, -0.2) is 33.9 Å². The van der Waals surface area contributed by atoms with Gasteiger partial charge in [-0.25, -0.2) is 4.98 Å². The van der Waals surface area contributed by atoms with Crippen molar-refractivity contribution < 1.29 is 0 Å². The number of likely N-dealkylation sites (tertiary alicyclic amines) is 1. The topological polar surface area (TPSA) is 70.3 Å². The van der Waals surface area contributed by atoms with E-state index in [4.69, 9.17) is 5.73 Å². The van der Waals surface area contributed by atoms with Crippen LogP contribution in [0.4, 0.5) is 5.95 Å². The molecule has 2 heterocycles. The van der Waals surface area contributed by atoms with Gasteiger partial charge in [0.1, 0.15) is 0 Å². The second-order valence-corrected chi connectivity index (χ2v) is 4.53. The van der Waals surface area contributed by atoms with Crippen molar-refractivity contribution in [2.75, 3.05) is 13.1 Å². The molecule has 0 aliphatic carbocycles. The number of guanidine groups is 1. The molecule has 5 nitrogen and oxygen atoms in total. The summed E-state index contributed by atoms with van der Waals surface area (Å²) in [4.78, 5) is 13.6. The van der Waals surface area contributed by atoms with E-state index in [-0.39, 0.29) is 0 Å². The first-order valence-corrected chi connectivity index (χ1v) is 5.76. The summed E-state index contributed by atoms with van der Waals surface area (Å²) in [5, 5.41) is 0. The molecule has 0 spiro atoms. The molecular formula is C11H19N5. The van der Waals surface area contributed by atoms with E-state index in [1.165, 1.54) is 12.8 Å². The third kappa shape index (κ3) is 2.53. The number of aryl methyl sites for hydroxylation is 1. The number of nitrogens with one attached hydrogen (secondary N) is 1. The monoisotopic (exact) mass is 221 g/mol. The van der Waals surface area contributed by atoms with Gasteiger partial charge in [-0.15, -0.1) is 0 Å². The molecule has 3 N–H and O–H groups in total. The molecule has 0 aromatic carbocycles. The minimum Gasteiger partial charge on any atom is -0.369 e. The largest absolute Gasteiger partial charge is 0.369 e. The maximum absolute atomic E-state index is 5.95. The Hall–Kier alpha value is -1.52. The van der Waals surface area contributed by atoms with Crippen molar-refractivity contribution in [2.24, 2.45) is 16.6 Å². The van der Waals surface area contributed by atoms with Gasteiger partial charge < -0.3 is 15.6 Å². The Labute approximate surface area is 95.8 Å². The van der Waals surface area contributed by atoms with E-state index in [2.05, 4.69) is 26.8 Å². The Bertz CT molecular complexity index is 373. The van der Waals surface area contributed by atoms with Crippen LogP contribution in [0.25, 0.3) is 0 Å². The third-order valence-electron chi connectivity index (χ3n) is 3.02. The zero-order valence-corrected chi connectivity index (χ0v) is 9.90. The van der Waals surface area contributed by atoms with Gasteiger partial charge in [0.15, 0.2) is 5.96 Å². The molecule has 1 aromatic rings. The summed E-state index contributed by atoms with van der Waals surface area (Å²) in [5.41, 5.74) is 6.95.